The fraction of sp³-hybridized carbons (Fsp3) is 0.375. The van der Waals surface area contributed by atoms with Gasteiger partial charge in [-0.3, -0.25) is 13.9 Å². The van der Waals surface area contributed by atoms with E-state index >= 15 is 0 Å². The lowest BCUT2D eigenvalue weighted by Crippen LogP contribution is -2.53. The van der Waals surface area contributed by atoms with E-state index in [2.05, 4.69) is 5.32 Å². The lowest BCUT2D eigenvalue weighted by Gasteiger charge is -2.34. The molecule has 3 aromatic rings. The topological polar surface area (TPSA) is 96.0 Å². The zero-order valence-corrected chi connectivity index (χ0v) is 26.6. The molecule has 1 N–H and O–H groups in total. The van der Waals surface area contributed by atoms with Gasteiger partial charge in [0.05, 0.1) is 17.7 Å². The summed E-state index contributed by atoms with van der Waals surface area (Å²) < 4.78 is 34.9. The van der Waals surface area contributed by atoms with E-state index in [4.69, 9.17) is 16.3 Å². The van der Waals surface area contributed by atoms with Crippen LogP contribution in [0.15, 0.2) is 71.6 Å². The highest BCUT2D eigenvalue weighted by Crippen LogP contribution is 2.34. The Morgan fingerprint density at radius 3 is 2.12 bits per heavy atom. The van der Waals surface area contributed by atoms with E-state index in [0.29, 0.717) is 17.2 Å². The molecule has 8 nitrogen and oxygen atoms in total. The molecule has 10 heteroatoms. The van der Waals surface area contributed by atoms with Crippen LogP contribution in [0.5, 0.6) is 5.75 Å². The summed E-state index contributed by atoms with van der Waals surface area (Å²) in [5.74, 6) is -0.527. The number of amides is 2. The normalized spacial score (nSPS) is 12.7. The predicted octanol–water partition coefficient (Wildman–Crippen LogP) is 5.88. The molecule has 0 heterocycles. The highest BCUT2D eigenvalue weighted by molar-refractivity contribution is 7.92. The summed E-state index contributed by atoms with van der Waals surface area (Å²) in [5, 5.41) is 3.52. The molecule has 0 radical (unpaired) electrons. The zero-order valence-electron chi connectivity index (χ0n) is 25.1. The first-order valence-corrected chi connectivity index (χ1v) is 15.8. The molecule has 2 amide bonds. The molecule has 2 atom stereocenters. The third-order valence-corrected chi connectivity index (χ3v) is 9.17. The monoisotopic (exact) mass is 613 g/mol. The minimum Gasteiger partial charge on any atom is -0.495 e. The predicted molar refractivity (Wildman–Crippen MR) is 167 cm³/mol. The summed E-state index contributed by atoms with van der Waals surface area (Å²) in [6, 6.07) is 17.7. The minimum absolute atomic E-state index is 0.0373. The van der Waals surface area contributed by atoms with Crippen LogP contribution in [0.4, 0.5) is 5.69 Å². The van der Waals surface area contributed by atoms with Gasteiger partial charge in [0.25, 0.3) is 10.0 Å². The van der Waals surface area contributed by atoms with Crippen LogP contribution in [0, 0.1) is 13.8 Å². The molecule has 0 aliphatic heterocycles. The van der Waals surface area contributed by atoms with Crippen molar-refractivity contribution in [3.63, 3.8) is 0 Å². The van der Waals surface area contributed by atoms with E-state index in [0.717, 1.165) is 27.4 Å². The van der Waals surface area contributed by atoms with Gasteiger partial charge in [-0.2, -0.15) is 0 Å². The second-order valence-electron chi connectivity index (χ2n) is 10.4. The second kappa shape index (κ2) is 14.6. The van der Waals surface area contributed by atoms with E-state index in [-0.39, 0.29) is 29.1 Å². The number of ether oxygens (including phenoxy) is 1. The maximum Gasteiger partial charge on any atom is 0.264 e. The Kier molecular flexibility index (Phi) is 11.4. The number of hydrogen-bond acceptors (Lipinski definition) is 5. The van der Waals surface area contributed by atoms with Crippen molar-refractivity contribution >= 4 is 39.1 Å². The third kappa shape index (κ3) is 8.04. The molecule has 0 saturated heterocycles. The fourth-order valence-corrected chi connectivity index (χ4v) is 6.04. The van der Waals surface area contributed by atoms with Crippen molar-refractivity contribution in [1.29, 1.82) is 0 Å². The number of sulfonamides is 1. The molecule has 0 aliphatic carbocycles. The number of carbonyl (C=O) groups excluding carboxylic acids is 2. The molecule has 0 bridgehead atoms. The number of methoxy groups -OCH3 is 1. The molecule has 0 spiro atoms. The molecule has 0 aromatic heterocycles. The van der Waals surface area contributed by atoms with Crippen molar-refractivity contribution in [2.75, 3.05) is 18.0 Å². The van der Waals surface area contributed by atoms with Gasteiger partial charge in [-0.05, 0) is 81.1 Å². The third-order valence-electron chi connectivity index (χ3n) is 7.14. The SMILES string of the molecule is CC[C@@H](C)NC(=O)[C@@H](CC)N(Cc1ccc(Cl)cc1)C(=O)CN(c1cc(C)ccc1OC)S(=O)(=O)c1ccc(C)cc1. The van der Waals surface area contributed by atoms with Gasteiger partial charge in [0.1, 0.15) is 18.3 Å². The van der Waals surface area contributed by atoms with E-state index < -0.39 is 28.5 Å². The highest BCUT2D eigenvalue weighted by atomic mass is 35.5. The Labute approximate surface area is 254 Å². The molecule has 3 rings (SSSR count). The van der Waals surface area contributed by atoms with E-state index in [1.54, 1.807) is 54.6 Å². The number of nitrogens with one attached hydrogen (secondary N) is 1. The van der Waals surface area contributed by atoms with Gasteiger partial charge in [0, 0.05) is 17.6 Å². The van der Waals surface area contributed by atoms with Gasteiger partial charge in [-0.1, -0.05) is 61.3 Å². The number of hydrogen-bond donors (Lipinski definition) is 1. The summed E-state index contributed by atoms with van der Waals surface area (Å²) in [6.07, 6.45) is 1.06. The summed E-state index contributed by atoms with van der Waals surface area (Å²) in [7, 11) is -2.76. The van der Waals surface area contributed by atoms with Crippen LogP contribution in [0.3, 0.4) is 0 Å². The molecule has 226 valence electrons. The second-order valence-corrected chi connectivity index (χ2v) is 12.7. The van der Waals surface area contributed by atoms with Crippen molar-refractivity contribution < 1.29 is 22.7 Å². The van der Waals surface area contributed by atoms with Gasteiger partial charge < -0.3 is 15.0 Å². The van der Waals surface area contributed by atoms with Crippen LogP contribution in [0.1, 0.15) is 50.3 Å². The zero-order chi connectivity index (χ0) is 31.0. The first-order chi connectivity index (χ1) is 19.9. The van der Waals surface area contributed by atoms with Gasteiger partial charge in [0.2, 0.25) is 11.8 Å². The van der Waals surface area contributed by atoms with E-state index in [1.165, 1.54) is 24.1 Å². The van der Waals surface area contributed by atoms with Crippen LogP contribution >= 0.6 is 11.6 Å². The quantitative estimate of drug-likeness (QED) is 0.260. The van der Waals surface area contributed by atoms with Crippen molar-refractivity contribution in [2.24, 2.45) is 0 Å². The van der Waals surface area contributed by atoms with Crippen molar-refractivity contribution in [3.8, 4) is 5.75 Å². The minimum atomic E-state index is -4.22. The van der Waals surface area contributed by atoms with Crippen molar-refractivity contribution in [3.05, 3.63) is 88.4 Å². The van der Waals surface area contributed by atoms with Crippen LogP contribution in [0.2, 0.25) is 5.02 Å². The summed E-state index contributed by atoms with van der Waals surface area (Å²) in [5.41, 5.74) is 2.68. The molecule has 0 saturated carbocycles. The average Bonchev–Trinajstić information content (AvgIpc) is 2.96. The largest absolute Gasteiger partial charge is 0.495 e. The molecule has 3 aromatic carbocycles. The van der Waals surface area contributed by atoms with Gasteiger partial charge in [-0.15, -0.1) is 0 Å². The Bertz CT molecular complexity index is 1480. The van der Waals surface area contributed by atoms with Crippen molar-refractivity contribution in [2.45, 2.75) is 71.0 Å². The maximum atomic E-state index is 14.2. The first kappa shape index (κ1) is 32.9. The van der Waals surface area contributed by atoms with Gasteiger partial charge in [0.15, 0.2) is 0 Å². The van der Waals surface area contributed by atoms with Crippen molar-refractivity contribution in [1.82, 2.24) is 10.2 Å². The fourth-order valence-electron chi connectivity index (χ4n) is 4.49. The smallest absolute Gasteiger partial charge is 0.264 e. The molecule has 0 aliphatic rings. The lowest BCUT2D eigenvalue weighted by atomic mass is 10.1. The van der Waals surface area contributed by atoms with Crippen LogP contribution < -0.4 is 14.4 Å². The lowest BCUT2D eigenvalue weighted by molar-refractivity contribution is -0.140. The highest BCUT2D eigenvalue weighted by Gasteiger charge is 2.35. The number of benzene rings is 3. The number of aryl methyl sites for hydroxylation is 2. The molecular formula is C32H40ClN3O5S. The van der Waals surface area contributed by atoms with Gasteiger partial charge in [-0.25, -0.2) is 8.42 Å². The standard InChI is InChI=1S/C32H40ClN3O5S/c1-7-24(5)34-32(38)28(8-2)35(20-25-12-14-26(33)15-13-25)31(37)21-36(29-19-23(4)11-18-30(29)41-6)42(39,40)27-16-9-22(3)10-17-27/h9-19,24,28H,7-8,20-21H2,1-6H3,(H,34,38)/t24-,28-/m1/s1. The Hall–Kier alpha value is -3.56. The number of rotatable bonds is 13. The Balaban J connectivity index is 2.12. The van der Waals surface area contributed by atoms with Crippen LogP contribution in [-0.2, 0) is 26.2 Å². The average molecular weight is 614 g/mol. The van der Waals surface area contributed by atoms with Crippen LogP contribution in [-0.4, -0.2) is 50.9 Å². The Morgan fingerprint density at radius 2 is 1.55 bits per heavy atom. The summed E-state index contributed by atoms with van der Waals surface area (Å²) in [6.45, 7) is 8.93. The molecule has 0 unspecified atom stereocenters. The summed E-state index contributed by atoms with van der Waals surface area (Å²) >= 11 is 6.09. The molecule has 0 fully saturated rings. The number of anilines is 1. The first-order valence-electron chi connectivity index (χ1n) is 14.0. The Morgan fingerprint density at radius 1 is 0.929 bits per heavy atom. The number of halogens is 1. The molecule has 42 heavy (non-hydrogen) atoms. The summed E-state index contributed by atoms with van der Waals surface area (Å²) in [4.78, 5) is 29.1. The van der Waals surface area contributed by atoms with Gasteiger partial charge >= 0.3 is 0 Å². The maximum absolute atomic E-state index is 14.2. The number of carbonyl (C=O) groups is 2. The molecular weight excluding hydrogens is 574 g/mol. The number of nitrogens with zero attached hydrogens (tertiary/aromatic N) is 2. The van der Waals surface area contributed by atoms with E-state index in [1.807, 2.05) is 34.6 Å². The van der Waals surface area contributed by atoms with E-state index in [9.17, 15) is 18.0 Å². The van der Waals surface area contributed by atoms with Crippen LogP contribution in [0.25, 0.3) is 0 Å².